The first-order valence-electron chi connectivity index (χ1n) is 6.70. The van der Waals surface area contributed by atoms with Crippen LogP contribution in [0.5, 0.6) is 0 Å². The predicted molar refractivity (Wildman–Crippen MR) is 77.8 cm³/mol. The number of hydrogen-bond acceptors (Lipinski definition) is 4. The molecule has 0 aromatic heterocycles. The van der Waals surface area contributed by atoms with Crippen molar-refractivity contribution in [3.63, 3.8) is 0 Å². The van der Waals surface area contributed by atoms with Crippen molar-refractivity contribution in [3.8, 4) is 6.07 Å². The number of hydrogen-bond donors (Lipinski definition) is 1. The van der Waals surface area contributed by atoms with Gasteiger partial charge in [-0.25, -0.2) is 4.39 Å². The Kier molecular flexibility index (Phi) is 4.90. The molecule has 0 atom stereocenters. The van der Waals surface area contributed by atoms with Gasteiger partial charge in [-0.2, -0.15) is 5.26 Å². The van der Waals surface area contributed by atoms with Crippen molar-refractivity contribution in [1.29, 1.82) is 5.26 Å². The fourth-order valence-corrected chi connectivity index (χ4v) is 2.00. The van der Waals surface area contributed by atoms with Gasteiger partial charge >= 0.3 is 0 Å². The van der Waals surface area contributed by atoms with Crippen LogP contribution in [-0.4, -0.2) is 48.9 Å². The highest BCUT2D eigenvalue weighted by Gasteiger charge is 2.15. The van der Waals surface area contributed by atoms with E-state index in [1.165, 1.54) is 24.3 Å². The summed E-state index contributed by atoms with van der Waals surface area (Å²) in [4.78, 5) is 16.2. The van der Waals surface area contributed by atoms with E-state index in [2.05, 4.69) is 10.2 Å². The van der Waals surface area contributed by atoms with Gasteiger partial charge in [-0.05, 0) is 31.3 Å². The summed E-state index contributed by atoms with van der Waals surface area (Å²) >= 11 is 0. The van der Waals surface area contributed by atoms with E-state index in [9.17, 15) is 9.18 Å². The number of benzene rings is 1. The Bertz CT molecular complexity index is 568. The molecule has 1 amide bonds. The molecular formula is C15H17FN4O. The predicted octanol–water partition coefficient (Wildman–Crippen LogP) is 1.42. The molecule has 110 valence electrons. The number of anilines is 1. The lowest BCUT2D eigenvalue weighted by Crippen LogP contribution is -2.42. The Balaban J connectivity index is 2.01. The minimum absolute atomic E-state index is 0.0453. The maximum Gasteiger partial charge on any atom is 0.267 e. The summed E-state index contributed by atoms with van der Waals surface area (Å²) in [7, 11) is 2.04. The molecule has 1 heterocycles. The first-order valence-corrected chi connectivity index (χ1v) is 6.70. The Morgan fingerprint density at radius 3 is 2.48 bits per heavy atom. The third-order valence-corrected chi connectivity index (χ3v) is 3.32. The molecule has 1 N–H and O–H groups in total. The van der Waals surface area contributed by atoms with Crippen molar-refractivity contribution in [3.05, 3.63) is 41.9 Å². The highest BCUT2D eigenvalue weighted by molar-refractivity contribution is 6.06. The number of nitriles is 1. The zero-order valence-electron chi connectivity index (χ0n) is 11.8. The highest BCUT2D eigenvalue weighted by Crippen LogP contribution is 2.10. The summed E-state index contributed by atoms with van der Waals surface area (Å²) in [6.07, 6.45) is 1.59. The van der Waals surface area contributed by atoms with Gasteiger partial charge < -0.3 is 15.1 Å². The van der Waals surface area contributed by atoms with Gasteiger partial charge in [0.2, 0.25) is 0 Å². The Hall–Kier alpha value is -2.39. The maximum absolute atomic E-state index is 12.8. The van der Waals surface area contributed by atoms with Gasteiger partial charge in [-0.15, -0.1) is 0 Å². The van der Waals surface area contributed by atoms with Crippen LogP contribution < -0.4 is 5.32 Å². The van der Waals surface area contributed by atoms with E-state index >= 15 is 0 Å². The van der Waals surface area contributed by atoms with E-state index in [0.29, 0.717) is 5.69 Å². The molecule has 0 aliphatic carbocycles. The van der Waals surface area contributed by atoms with Crippen LogP contribution >= 0.6 is 0 Å². The summed E-state index contributed by atoms with van der Waals surface area (Å²) in [5, 5.41) is 11.7. The second-order valence-corrected chi connectivity index (χ2v) is 4.95. The number of piperazine rings is 1. The second kappa shape index (κ2) is 6.86. The zero-order chi connectivity index (χ0) is 15.2. The van der Waals surface area contributed by atoms with Crippen LogP contribution in [0, 0.1) is 17.1 Å². The van der Waals surface area contributed by atoms with Crippen molar-refractivity contribution in [2.24, 2.45) is 0 Å². The zero-order valence-corrected chi connectivity index (χ0v) is 11.8. The summed E-state index contributed by atoms with van der Waals surface area (Å²) in [6.45, 7) is 3.36. The molecule has 1 aromatic rings. The fraction of sp³-hybridized carbons (Fsp3) is 0.333. The lowest BCUT2D eigenvalue weighted by molar-refractivity contribution is -0.112. The molecule has 0 saturated carbocycles. The van der Waals surface area contributed by atoms with Gasteiger partial charge in [-0.3, -0.25) is 4.79 Å². The first-order chi connectivity index (χ1) is 10.1. The van der Waals surface area contributed by atoms with Gasteiger partial charge in [0.1, 0.15) is 17.5 Å². The van der Waals surface area contributed by atoms with Crippen LogP contribution in [0.2, 0.25) is 0 Å². The molecule has 0 radical (unpaired) electrons. The van der Waals surface area contributed by atoms with E-state index in [0.717, 1.165) is 26.2 Å². The van der Waals surface area contributed by atoms with E-state index in [1.54, 1.807) is 6.20 Å². The Morgan fingerprint density at radius 1 is 1.29 bits per heavy atom. The minimum atomic E-state index is -0.483. The number of carbonyl (C=O) groups excluding carboxylic acids is 1. The SMILES string of the molecule is CN1CCN(/C=C(/C#N)C(=O)Nc2ccc(F)cc2)CC1. The van der Waals surface area contributed by atoms with Crippen LogP contribution in [0.25, 0.3) is 0 Å². The molecule has 21 heavy (non-hydrogen) atoms. The Morgan fingerprint density at radius 2 is 1.90 bits per heavy atom. The molecule has 5 nitrogen and oxygen atoms in total. The monoisotopic (exact) mass is 288 g/mol. The van der Waals surface area contributed by atoms with Crippen molar-refractivity contribution in [1.82, 2.24) is 9.80 Å². The van der Waals surface area contributed by atoms with E-state index in [4.69, 9.17) is 5.26 Å². The number of carbonyl (C=O) groups is 1. The number of amides is 1. The summed E-state index contributed by atoms with van der Waals surface area (Å²) < 4.78 is 12.8. The molecule has 0 bridgehead atoms. The lowest BCUT2D eigenvalue weighted by Gasteiger charge is -2.31. The fourth-order valence-electron chi connectivity index (χ4n) is 2.00. The maximum atomic E-state index is 12.8. The van der Waals surface area contributed by atoms with Crippen molar-refractivity contribution in [2.75, 3.05) is 38.5 Å². The largest absolute Gasteiger partial charge is 0.374 e. The van der Waals surface area contributed by atoms with Crippen LogP contribution in [-0.2, 0) is 4.79 Å². The van der Waals surface area contributed by atoms with E-state index in [-0.39, 0.29) is 11.4 Å². The van der Waals surface area contributed by atoms with Gasteiger partial charge in [0.05, 0.1) is 0 Å². The van der Waals surface area contributed by atoms with E-state index in [1.807, 2.05) is 18.0 Å². The molecule has 1 aliphatic rings. The molecule has 1 aliphatic heterocycles. The van der Waals surface area contributed by atoms with Crippen molar-refractivity contribution in [2.45, 2.75) is 0 Å². The molecule has 0 spiro atoms. The minimum Gasteiger partial charge on any atom is -0.374 e. The van der Waals surface area contributed by atoms with Gasteiger partial charge in [-0.1, -0.05) is 0 Å². The third kappa shape index (κ3) is 4.29. The quantitative estimate of drug-likeness (QED) is 0.675. The number of nitrogens with zero attached hydrogens (tertiary/aromatic N) is 3. The number of rotatable bonds is 3. The summed E-state index contributed by atoms with van der Waals surface area (Å²) in [5.74, 6) is -0.857. The van der Waals surface area contributed by atoms with Crippen molar-refractivity contribution < 1.29 is 9.18 Å². The standard InChI is InChI=1S/C15H17FN4O/c1-19-6-8-20(9-7-19)11-12(10-17)15(21)18-14-4-2-13(16)3-5-14/h2-5,11H,6-9H2,1H3,(H,18,21)/b12-11-. The van der Waals surface area contributed by atoms with Crippen LogP contribution in [0.4, 0.5) is 10.1 Å². The summed E-state index contributed by atoms with van der Waals surface area (Å²) in [6, 6.07) is 7.34. The second-order valence-electron chi connectivity index (χ2n) is 4.95. The molecule has 0 unspecified atom stereocenters. The van der Waals surface area contributed by atoms with Gasteiger partial charge in [0.25, 0.3) is 5.91 Å². The lowest BCUT2D eigenvalue weighted by atomic mass is 10.2. The topological polar surface area (TPSA) is 59.4 Å². The molecule has 6 heteroatoms. The van der Waals surface area contributed by atoms with Gasteiger partial charge in [0, 0.05) is 38.1 Å². The van der Waals surface area contributed by atoms with Gasteiger partial charge in [0.15, 0.2) is 0 Å². The smallest absolute Gasteiger partial charge is 0.267 e. The first kappa shape index (κ1) is 15.0. The summed E-state index contributed by atoms with van der Waals surface area (Å²) in [5.41, 5.74) is 0.504. The van der Waals surface area contributed by atoms with Crippen LogP contribution in [0.1, 0.15) is 0 Å². The number of nitrogens with one attached hydrogen (secondary N) is 1. The highest BCUT2D eigenvalue weighted by atomic mass is 19.1. The molecule has 1 aromatic carbocycles. The molecule has 1 fully saturated rings. The normalized spacial score (nSPS) is 16.4. The number of likely N-dealkylation sites (N-methyl/N-ethyl adjacent to an activating group) is 1. The molecular weight excluding hydrogens is 271 g/mol. The Labute approximate surface area is 123 Å². The van der Waals surface area contributed by atoms with Crippen LogP contribution in [0.15, 0.2) is 36.0 Å². The average Bonchev–Trinajstić information content (AvgIpc) is 2.49. The average molecular weight is 288 g/mol. The van der Waals surface area contributed by atoms with Crippen LogP contribution in [0.3, 0.4) is 0 Å². The molecule has 2 rings (SSSR count). The molecule has 1 saturated heterocycles. The van der Waals surface area contributed by atoms with Crippen molar-refractivity contribution >= 4 is 11.6 Å². The third-order valence-electron chi connectivity index (χ3n) is 3.32. The number of halogens is 1. The van der Waals surface area contributed by atoms with E-state index < -0.39 is 5.91 Å².